The lowest BCUT2D eigenvalue weighted by Gasteiger charge is -1.91. The molecule has 3 rings (SSSR count). The van der Waals surface area contributed by atoms with Crippen LogP contribution in [0.5, 0.6) is 0 Å². The lowest BCUT2D eigenvalue weighted by atomic mass is 10.3. The summed E-state index contributed by atoms with van der Waals surface area (Å²) >= 11 is 4.98. The normalized spacial score (nSPS) is 10.6. The minimum atomic E-state index is 0.482. The van der Waals surface area contributed by atoms with Crippen LogP contribution < -0.4 is 0 Å². The van der Waals surface area contributed by atoms with Crippen LogP contribution in [-0.2, 0) is 0 Å². The maximum atomic E-state index is 5.59. The second kappa shape index (κ2) is 4.38. The van der Waals surface area contributed by atoms with E-state index in [4.69, 9.17) is 4.42 Å². The van der Waals surface area contributed by atoms with Crippen molar-refractivity contribution in [2.75, 3.05) is 0 Å². The number of aromatic nitrogens is 3. The summed E-state index contributed by atoms with van der Waals surface area (Å²) in [4.78, 5) is 4.01. The van der Waals surface area contributed by atoms with Gasteiger partial charge in [-0.2, -0.15) is 0 Å². The first-order chi connectivity index (χ1) is 8.33. The molecule has 0 unspecified atom stereocenters. The molecule has 0 bridgehead atoms. The Balaban J connectivity index is 1.99. The molecule has 4 nitrogen and oxygen atoms in total. The number of thiophene rings is 1. The third-order valence-electron chi connectivity index (χ3n) is 2.15. The van der Waals surface area contributed by atoms with E-state index in [1.165, 1.54) is 0 Å². The first-order valence-electron chi connectivity index (χ1n) is 4.81. The van der Waals surface area contributed by atoms with Crippen molar-refractivity contribution in [1.29, 1.82) is 0 Å². The average molecular weight is 308 g/mol. The van der Waals surface area contributed by atoms with Crippen molar-refractivity contribution in [3.8, 4) is 22.9 Å². The molecule has 6 heteroatoms. The summed E-state index contributed by atoms with van der Waals surface area (Å²) in [5.74, 6) is 1.00. The lowest BCUT2D eigenvalue weighted by molar-refractivity contribution is 0.584. The summed E-state index contributed by atoms with van der Waals surface area (Å²) in [6, 6.07) is 5.67. The van der Waals surface area contributed by atoms with Gasteiger partial charge in [0.25, 0.3) is 0 Å². The highest BCUT2D eigenvalue weighted by atomic mass is 79.9. The van der Waals surface area contributed by atoms with Gasteiger partial charge < -0.3 is 4.42 Å². The highest BCUT2D eigenvalue weighted by Gasteiger charge is 2.11. The summed E-state index contributed by atoms with van der Waals surface area (Å²) in [5.41, 5.74) is 1.74. The van der Waals surface area contributed by atoms with Crippen molar-refractivity contribution in [1.82, 2.24) is 15.2 Å². The molecule has 0 spiro atoms. The van der Waals surface area contributed by atoms with Crippen LogP contribution in [0.25, 0.3) is 22.9 Å². The van der Waals surface area contributed by atoms with Crippen LogP contribution in [0.1, 0.15) is 0 Å². The molecule has 0 aromatic carbocycles. The van der Waals surface area contributed by atoms with Gasteiger partial charge in [-0.05, 0) is 34.1 Å². The Bertz CT molecular complexity index is 635. The summed E-state index contributed by atoms with van der Waals surface area (Å²) in [7, 11) is 0. The summed E-state index contributed by atoms with van der Waals surface area (Å²) in [5, 5.41) is 9.99. The Kier molecular flexibility index (Phi) is 2.74. The minimum absolute atomic E-state index is 0.482. The Hall–Kier alpha value is -1.53. The zero-order valence-corrected chi connectivity index (χ0v) is 10.9. The monoisotopic (exact) mass is 307 g/mol. The number of hydrogen-bond donors (Lipinski definition) is 0. The Morgan fingerprint density at radius 2 is 2.00 bits per heavy atom. The Labute approximate surface area is 109 Å². The number of nitrogens with zero attached hydrogens (tertiary/aromatic N) is 3. The van der Waals surface area contributed by atoms with Crippen LogP contribution in [0.15, 0.2) is 44.2 Å². The Morgan fingerprint density at radius 3 is 2.65 bits per heavy atom. The quantitative estimate of drug-likeness (QED) is 0.725. The van der Waals surface area contributed by atoms with Crippen molar-refractivity contribution in [2.45, 2.75) is 0 Å². The van der Waals surface area contributed by atoms with Crippen molar-refractivity contribution in [3.63, 3.8) is 0 Å². The van der Waals surface area contributed by atoms with Gasteiger partial charge in [-0.1, -0.05) is 0 Å². The van der Waals surface area contributed by atoms with Crippen LogP contribution in [0.2, 0.25) is 0 Å². The van der Waals surface area contributed by atoms with E-state index in [9.17, 15) is 0 Å². The molecule has 0 atom stereocenters. The molecule has 0 fully saturated rings. The van der Waals surface area contributed by atoms with Gasteiger partial charge in [0.05, 0.1) is 14.9 Å². The number of rotatable bonds is 2. The van der Waals surface area contributed by atoms with Gasteiger partial charge >= 0.3 is 0 Å². The van der Waals surface area contributed by atoms with Gasteiger partial charge in [0.2, 0.25) is 11.8 Å². The highest BCUT2D eigenvalue weighted by molar-refractivity contribution is 9.11. The molecular formula is C11H6BrN3OS. The zero-order chi connectivity index (χ0) is 11.7. The molecule has 0 radical (unpaired) electrons. The largest absolute Gasteiger partial charge is 0.416 e. The van der Waals surface area contributed by atoms with Crippen molar-refractivity contribution >= 4 is 27.3 Å². The fraction of sp³-hybridized carbons (Fsp3) is 0. The van der Waals surface area contributed by atoms with Crippen molar-refractivity contribution < 1.29 is 4.42 Å². The van der Waals surface area contributed by atoms with E-state index in [0.29, 0.717) is 11.8 Å². The third-order valence-corrected chi connectivity index (χ3v) is 3.65. The molecule has 0 saturated heterocycles. The predicted molar refractivity (Wildman–Crippen MR) is 68.5 cm³/mol. The average Bonchev–Trinajstić information content (AvgIpc) is 2.98. The van der Waals surface area contributed by atoms with Gasteiger partial charge in [-0.15, -0.1) is 21.5 Å². The molecule has 0 aliphatic rings. The second-order valence-corrected chi connectivity index (χ2v) is 5.58. The fourth-order valence-electron chi connectivity index (χ4n) is 1.37. The molecule has 0 N–H and O–H groups in total. The van der Waals surface area contributed by atoms with E-state index in [0.717, 1.165) is 14.9 Å². The van der Waals surface area contributed by atoms with Crippen molar-refractivity contribution in [3.05, 3.63) is 39.8 Å². The molecule has 0 amide bonds. The van der Waals surface area contributed by atoms with E-state index in [2.05, 4.69) is 31.1 Å². The fourth-order valence-corrected chi connectivity index (χ4v) is 2.50. The minimum Gasteiger partial charge on any atom is -0.416 e. The van der Waals surface area contributed by atoms with E-state index < -0.39 is 0 Å². The van der Waals surface area contributed by atoms with E-state index in [-0.39, 0.29) is 0 Å². The number of halogens is 1. The number of hydrogen-bond acceptors (Lipinski definition) is 5. The van der Waals surface area contributed by atoms with Crippen LogP contribution in [0.3, 0.4) is 0 Å². The molecule has 3 aromatic heterocycles. The van der Waals surface area contributed by atoms with E-state index in [1.807, 2.05) is 23.6 Å². The van der Waals surface area contributed by atoms with Crippen LogP contribution in [0, 0.1) is 0 Å². The van der Waals surface area contributed by atoms with Gasteiger partial charge in [0.15, 0.2) is 0 Å². The molecule has 3 aromatic rings. The predicted octanol–water partition coefficient (Wildman–Crippen LogP) is 3.62. The van der Waals surface area contributed by atoms with Gasteiger partial charge in [0.1, 0.15) is 0 Å². The van der Waals surface area contributed by atoms with E-state index in [1.54, 1.807) is 23.7 Å². The van der Waals surface area contributed by atoms with Crippen LogP contribution in [-0.4, -0.2) is 15.2 Å². The summed E-state index contributed by atoms with van der Waals surface area (Å²) in [6.07, 6.45) is 3.40. The van der Waals surface area contributed by atoms with Gasteiger partial charge in [0, 0.05) is 17.8 Å². The lowest BCUT2D eigenvalue weighted by Crippen LogP contribution is -1.78. The molecule has 3 heterocycles. The molecule has 0 aliphatic heterocycles. The first-order valence-corrected chi connectivity index (χ1v) is 6.48. The van der Waals surface area contributed by atoms with Crippen molar-refractivity contribution in [2.24, 2.45) is 0 Å². The van der Waals surface area contributed by atoms with Gasteiger partial charge in [-0.25, -0.2) is 0 Å². The molecule has 0 aliphatic carbocycles. The second-order valence-electron chi connectivity index (χ2n) is 3.29. The molecule has 17 heavy (non-hydrogen) atoms. The molecule has 84 valence electrons. The maximum Gasteiger partial charge on any atom is 0.249 e. The summed E-state index contributed by atoms with van der Waals surface area (Å²) < 4.78 is 6.63. The first kappa shape index (κ1) is 10.6. The highest BCUT2D eigenvalue weighted by Crippen LogP contribution is 2.29. The maximum absolute atomic E-state index is 5.59. The SMILES string of the molecule is Brc1cc(-c2nnc(-c3cccnc3)o2)cs1. The number of pyridine rings is 1. The summed E-state index contributed by atoms with van der Waals surface area (Å²) in [6.45, 7) is 0. The standard InChI is InChI=1S/C11H6BrN3OS/c12-9-4-8(6-17-9)11-15-14-10(16-11)7-2-1-3-13-5-7/h1-6H. The van der Waals surface area contributed by atoms with Crippen LogP contribution in [0.4, 0.5) is 0 Å². The smallest absolute Gasteiger partial charge is 0.249 e. The molecule has 0 saturated carbocycles. The Morgan fingerprint density at radius 1 is 1.18 bits per heavy atom. The van der Waals surface area contributed by atoms with Gasteiger partial charge in [-0.3, -0.25) is 4.98 Å². The zero-order valence-electron chi connectivity index (χ0n) is 8.50. The van der Waals surface area contributed by atoms with Crippen LogP contribution >= 0.6 is 27.3 Å². The topological polar surface area (TPSA) is 51.8 Å². The molecular weight excluding hydrogens is 302 g/mol. The third kappa shape index (κ3) is 2.13. The van der Waals surface area contributed by atoms with E-state index >= 15 is 0 Å².